The molecule has 6 nitrogen and oxygen atoms in total. The van der Waals surface area contributed by atoms with Gasteiger partial charge in [0.05, 0.1) is 11.3 Å². The lowest BCUT2D eigenvalue weighted by atomic mass is 10.0. The summed E-state index contributed by atoms with van der Waals surface area (Å²) >= 11 is 1.43. The Balaban J connectivity index is 1.80. The van der Waals surface area contributed by atoms with Crippen LogP contribution in [-0.4, -0.2) is 27.0 Å². The molecule has 7 heteroatoms. The molecule has 0 saturated heterocycles. The SMILES string of the molecule is CCc1cc2cc(C)cc(C)c2nc1SCC(=O)Nc1nonc1C. The number of aryl methyl sites for hydroxylation is 4. The van der Waals surface area contributed by atoms with Crippen LogP contribution in [0.5, 0.6) is 0 Å². The molecule has 0 aliphatic carbocycles. The molecule has 1 aromatic carbocycles. The van der Waals surface area contributed by atoms with Gasteiger partial charge in [-0.2, -0.15) is 0 Å². The molecule has 0 spiro atoms. The van der Waals surface area contributed by atoms with E-state index in [-0.39, 0.29) is 11.7 Å². The number of hydrogen-bond donors (Lipinski definition) is 1. The molecule has 2 heterocycles. The van der Waals surface area contributed by atoms with Crippen LogP contribution >= 0.6 is 11.8 Å². The predicted molar refractivity (Wildman–Crippen MR) is 99.0 cm³/mol. The number of nitrogens with zero attached hydrogens (tertiary/aromatic N) is 3. The predicted octanol–water partition coefficient (Wildman–Crippen LogP) is 3.84. The Morgan fingerprint density at radius 2 is 2.00 bits per heavy atom. The van der Waals surface area contributed by atoms with Crippen molar-refractivity contribution in [1.29, 1.82) is 0 Å². The minimum absolute atomic E-state index is 0.159. The van der Waals surface area contributed by atoms with E-state index in [0.29, 0.717) is 11.5 Å². The van der Waals surface area contributed by atoms with E-state index >= 15 is 0 Å². The maximum atomic E-state index is 12.1. The molecule has 0 unspecified atom stereocenters. The first-order valence-electron chi connectivity index (χ1n) is 8.10. The topological polar surface area (TPSA) is 80.9 Å². The maximum absolute atomic E-state index is 12.1. The average molecular weight is 356 g/mol. The third-order valence-corrected chi connectivity index (χ3v) is 4.96. The fourth-order valence-corrected chi connectivity index (χ4v) is 3.59. The average Bonchev–Trinajstić information content (AvgIpc) is 2.97. The van der Waals surface area contributed by atoms with E-state index in [2.05, 4.69) is 59.2 Å². The summed E-state index contributed by atoms with van der Waals surface area (Å²) in [6.07, 6.45) is 0.867. The Bertz CT molecular complexity index is 936. The zero-order chi connectivity index (χ0) is 18.0. The van der Waals surface area contributed by atoms with Gasteiger partial charge in [-0.3, -0.25) is 4.79 Å². The number of rotatable bonds is 5. The minimum Gasteiger partial charge on any atom is -0.306 e. The molecule has 3 aromatic rings. The zero-order valence-corrected chi connectivity index (χ0v) is 15.5. The van der Waals surface area contributed by atoms with Gasteiger partial charge in [-0.1, -0.05) is 35.5 Å². The molecule has 0 fully saturated rings. The Morgan fingerprint density at radius 3 is 2.68 bits per heavy atom. The number of pyridine rings is 1. The summed E-state index contributed by atoms with van der Waals surface area (Å²) in [5.74, 6) is 0.454. The van der Waals surface area contributed by atoms with Gasteiger partial charge in [-0.05, 0) is 55.6 Å². The van der Waals surface area contributed by atoms with E-state index in [1.165, 1.54) is 17.3 Å². The number of carbonyl (C=O) groups is 1. The third-order valence-electron chi connectivity index (χ3n) is 3.92. The standard InChI is InChI=1S/C18H20N4O2S/c1-5-13-8-14-7-10(2)6-11(3)16(14)20-18(13)25-9-15(23)19-17-12(4)21-24-22-17/h6-8H,5,9H2,1-4H3,(H,19,22,23). The summed E-state index contributed by atoms with van der Waals surface area (Å²) in [4.78, 5) is 17.0. The first-order valence-corrected chi connectivity index (χ1v) is 9.09. The van der Waals surface area contributed by atoms with Crippen molar-refractivity contribution in [3.05, 3.63) is 40.6 Å². The molecule has 0 atom stereocenters. The highest BCUT2D eigenvalue weighted by Crippen LogP contribution is 2.28. The van der Waals surface area contributed by atoms with Crippen LogP contribution in [0.25, 0.3) is 10.9 Å². The van der Waals surface area contributed by atoms with E-state index in [4.69, 9.17) is 4.98 Å². The van der Waals surface area contributed by atoms with Gasteiger partial charge < -0.3 is 5.32 Å². The number of thioether (sulfide) groups is 1. The van der Waals surface area contributed by atoms with Gasteiger partial charge in [0, 0.05) is 5.39 Å². The fraction of sp³-hybridized carbons (Fsp3) is 0.333. The number of amides is 1. The van der Waals surface area contributed by atoms with E-state index in [1.807, 2.05) is 0 Å². The molecule has 0 saturated carbocycles. The van der Waals surface area contributed by atoms with Gasteiger partial charge in [0.2, 0.25) is 5.91 Å². The van der Waals surface area contributed by atoms with Gasteiger partial charge in [-0.15, -0.1) is 0 Å². The van der Waals surface area contributed by atoms with Crippen molar-refractivity contribution in [2.75, 3.05) is 11.1 Å². The smallest absolute Gasteiger partial charge is 0.236 e. The summed E-state index contributed by atoms with van der Waals surface area (Å²) < 4.78 is 4.58. The van der Waals surface area contributed by atoms with Crippen LogP contribution in [0.4, 0.5) is 5.82 Å². The van der Waals surface area contributed by atoms with Gasteiger partial charge in [0.15, 0.2) is 5.82 Å². The van der Waals surface area contributed by atoms with Crippen LogP contribution in [0, 0.1) is 20.8 Å². The Labute approximate surface area is 150 Å². The molecule has 3 rings (SSSR count). The van der Waals surface area contributed by atoms with E-state index in [1.54, 1.807) is 6.92 Å². The van der Waals surface area contributed by atoms with Crippen LogP contribution in [0.1, 0.15) is 29.3 Å². The molecule has 0 bridgehead atoms. The van der Waals surface area contributed by atoms with Crippen LogP contribution in [0.3, 0.4) is 0 Å². The molecular weight excluding hydrogens is 336 g/mol. The number of benzene rings is 1. The molecule has 1 N–H and O–H groups in total. The van der Waals surface area contributed by atoms with Crippen molar-refractivity contribution in [3.8, 4) is 0 Å². The number of fused-ring (bicyclic) bond motifs is 1. The molecule has 1 amide bonds. The summed E-state index contributed by atoms with van der Waals surface area (Å²) in [5, 5.41) is 12.0. The van der Waals surface area contributed by atoms with Crippen molar-refractivity contribution < 1.29 is 9.42 Å². The van der Waals surface area contributed by atoms with E-state index < -0.39 is 0 Å². The Hall–Kier alpha value is -2.41. The molecule has 2 aromatic heterocycles. The second-order valence-electron chi connectivity index (χ2n) is 5.99. The number of anilines is 1. The summed E-state index contributed by atoms with van der Waals surface area (Å²) in [5.41, 5.74) is 5.07. The van der Waals surface area contributed by atoms with Crippen molar-refractivity contribution >= 4 is 34.4 Å². The summed E-state index contributed by atoms with van der Waals surface area (Å²) in [6, 6.07) is 6.45. The van der Waals surface area contributed by atoms with Crippen LogP contribution < -0.4 is 5.32 Å². The van der Waals surface area contributed by atoms with Crippen molar-refractivity contribution in [2.45, 2.75) is 39.1 Å². The largest absolute Gasteiger partial charge is 0.306 e. The van der Waals surface area contributed by atoms with Crippen molar-refractivity contribution in [1.82, 2.24) is 15.3 Å². The molecule has 0 aliphatic heterocycles. The normalized spacial score (nSPS) is 11.0. The lowest BCUT2D eigenvalue weighted by Crippen LogP contribution is -2.15. The summed E-state index contributed by atoms with van der Waals surface area (Å²) in [6.45, 7) is 7.98. The first-order chi connectivity index (χ1) is 12.0. The number of hydrogen-bond acceptors (Lipinski definition) is 6. The van der Waals surface area contributed by atoms with Gasteiger partial charge in [0.1, 0.15) is 10.7 Å². The quantitative estimate of drug-likeness (QED) is 0.700. The second kappa shape index (κ2) is 7.23. The first kappa shape index (κ1) is 17.4. The summed E-state index contributed by atoms with van der Waals surface area (Å²) in [7, 11) is 0. The van der Waals surface area contributed by atoms with Gasteiger partial charge in [0.25, 0.3) is 0 Å². The molecule has 0 radical (unpaired) electrons. The lowest BCUT2D eigenvalue weighted by Gasteiger charge is -2.11. The van der Waals surface area contributed by atoms with Gasteiger partial charge in [-0.25, -0.2) is 9.61 Å². The van der Waals surface area contributed by atoms with Crippen molar-refractivity contribution in [2.24, 2.45) is 0 Å². The second-order valence-corrected chi connectivity index (χ2v) is 6.96. The highest BCUT2D eigenvalue weighted by Gasteiger charge is 2.13. The van der Waals surface area contributed by atoms with E-state index in [9.17, 15) is 4.79 Å². The van der Waals surface area contributed by atoms with Crippen LogP contribution in [0.2, 0.25) is 0 Å². The third kappa shape index (κ3) is 3.82. The van der Waals surface area contributed by atoms with Crippen LogP contribution in [-0.2, 0) is 11.2 Å². The highest BCUT2D eigenvalue weighted by molar-refractivity contribution is 8.00. The Kier molecular flexibility index (Phi) is 5.03. The van der Waals surface area contributed by atoms with Crippen molar-refractivity contribution in [3.63, 3.8) is 0 Å². The molecule has 25 heavy (non-hydrogen) atoms. The zero-order valence-electron chi connectivity index (χ0n) is 14.7. The molecular formula is C18H20N4O2S. The van der Waals surface area contributed by atoms with Crippen LogP contribution in [0.15, 0.2) is 27.9 Å². The number of carbonyl (C=O) groups excluding carboxylic acids is 1. The molecule has 130 valence electrons. The highest BCUT2D eigenvalue weighted by atomic mass is 32.2. The monoisotopic (exact) mass is 356 g/mol. The minimum atomic E-state index is -0.159. The number of aromatic nitrogens is 3. The maximum Gasteiger partial charge on any atom is 0.236 e. The Morgan fingerprint density at radius 1 is 1.20 bits per heavy atom. The van der Waals surface area contributed by atoms with E-state index in [0.717, 1.165) is 33.5 Å². The molecule has 0 aliphatic rings. The number of nitrogens with one attached hydrogen (secondary N) is 1. The fourth-order valence-electron chi connectivity index (χ4n) is 2.70. The lowest BCUT2D eigenvalue weighted by molar-refractivity contribution is -0.113. The van der Waals surface area contributed by atoms with Gasteiger partial charge >= 0.3 is 0 Å².